The molecule has 92 valence electrons. The zero-order valence-electron chi connectivity index (χ0n) is 10.6. The lowest BCUT2D eigenvalue weighted by Gasteiger charge is -2.36. The number of guanidine groups is 1. The van der Waals surface area contributed by atoms with Crippen molar-refractivity contribution >= 4 is 11.6 Å². The Kier molecular flexibility index (Phi) is 2.96. The molecule has 0 radical (unpaired) electrons. The fourth-order valence-electron chi connectivity index (χ4n) is 2.17. The molecular weight excluding hydrogens is 214 g/mol. The predicted octanol–water partition coefficient (Wildman–Crippen LogP) is 2.00. The molecule has 1 aromatic rings. The first-order valence-electron chi connectivity index (χ1n) is 5.85. The summed E-state index contributed by atoms with van der Waals surface area (Å²) in [5, 5.41) is 0. The summed E-state index contributed by atoms with van der Waals surface area (Å²) in [6.45, 7) is 5.05. The minimum absolute atomic E-state index is 0.0568. The summed E-state index contributed by atoms with van der Waals surface area (Å²) in [6, 6.07) is 7.89. The Morgan fingerprint density at radius 1 is 1.47 bits per heavy atom. The third kappa shape index (κ3) is 1.84. The van der Waals surface area contributed by atoms with Gasteiger partial charge in [0.25, 0.3) is 0 Å². The van der Waals surface area contributed by atoms with Crippen LogP contribution in [0.5, 0.6) is 5.75 Å². The van der Waals surface area contributed by atoms with E-state index in [0.29, 0.717) is 5.96 Å². The van der Waals surface area contributed by atoms with Crippen molar-refractivity contribution in [3.63, 3.8) is 0 Å². The van der Waals surface area contributed by atoms with E-state index in [9.17, 15) is 0 Å². The number of benzene rings is 1. The normalized spacial score (nSPS) is 23.7. The summed E-state index contributed by atoms with van der Waals surface area (Å²) in [5.41, 5.74) is 6.93. The molecule has 4 heteroatoms. The summed E-state index contributed by atoms with van der Waals surface area (Å²) >= 11 is 0. The van der Waals surface area contributed by atoms with Crippen LogP contribution in [0.25, 0.3) is 0 Å². The van der Waals surface area contributed by atoms with E-state index in [0.717, 1.165) is 24.4 Å². The Morgan fingerprint density at radius 2 is 2.18 bits per heavy atom. The van der Waals surface area contributed by atoms with Gasteiger partial charge in [0.1, 0.15) is 5.75 Å². The largest absolute Gasteiger partial charge is 0.495 e. The van der Waals surface area contributed by atoms with Crippen LogP contribution in [0.3, 0.4) is 0 Å². The van der Waals surface area contributed by atoms with Gasteiger partial charge in [-0.2, -0.15) is 0 Å². The highest BCUT2D eigenvalue weighted by Gasteiger charge is 2.38. The molecule has 1 unspecified atom stereocenters. The zero-order chi connectivity index (χ0) is 12.5. The van der Waals surface area contributed by atoms with Crippen molar-refractivity contribution in [2.24, 2.45) is 10.7 Å². The first kappa shape index (κ1) is 11.8. The lowest BCUT2D eigenvalue weighted by Crippen LogP contribution is -2.49. The maximum atomic E-state index is 6.01. The topological polar surface area (TPSA) is 50.8 Å². The van der Waals surface area contributed by atoms with Gasteiger partial charge in [0.2, 0.25) is 0 Å². The number of nitrogens with zero attached hydrogens (tertiary/aromatic N) is 2. The van der Waals surface area contributed by atoms with Crippen LogP contribution in [0, 0.1) is 0 Å². The minimum atomic E-state index is -0.0568. The first-order valence-corrected chi connectivity index (χ1v) is 5.85. The molecule has 0 spiro atoms. The summed E-state index contributed by atoms with van der Waals surface area (Å²) in [5.74, 6) is 1.39. The van der Waals surface area contributed by atoms with Gasteiger partial charge in [-0.05, 0) is 25.5 Å². The van der Waals surface area contributed by atoms with Crippen molar-refractivity contribution in [1.29, 1.82) is 0 Å². The Bertz CT molecular complexity index is 444. The van der Waals surface area contributed by atoms with Crippen LogP contribution < -0.4 is 15.4 Å². The van der Waals surface area contributed by atoms with Crippen molar-refractivity contribution in [2.45, 2.75) is 25.8 Å². The van der Waals surface area contributed by atoms with E-state index in [1.165, 1.54) is 0 Å². The Labute approximate surface area is 102 Å². The SMILES string of the molecule is CCC1(C)CN=C(N)N1c1ccccc1OC. The second-order valence-electron chi connectivity index (χ2n) is 4.53. The summed E-state index contributed by atoms with van der Waals surface area (Å²) in [6.07, 6.45) is 0.981. The van der Waals surface area contributed by atoms with Crippen LogP contribution in [0.1, 0.15) is 20.3 Å². The van der Waals surface area contributed by atoms with E-state index < -0.39 is 0 Å². The average Bonchev–Trinajstić information content (AvgIpc) is 2.66. The Balaban J connectivity index is 2.47. The third-order valence-electron chi connectivity index (χ3n) is 3.44. The number of hydrogen-bond donors (Lipinski definition) is 1. The van der Waals surface area contributed by atoms with Crippen LogP contribution in [0.15, 0.2) is 29.3 Å². The van der Waals surface area contributed by atoms with Crippen LogP contribution in [-0.4, -0.2) is 25.2 Å². The summed E-state index contributed by atoms with van der Waals surface area (Å²) in [4.78, 5) is 6.43. The standard InChI is InChI=1S/C13H19N3O/c1-4-13(2)9-15-12(14)16(13)10-7-5-6-8-11(10)17-3/h5-8H,4,9H2,1-3H3,(H2,14,15). The van der Waals surface area contributed by atoms with E-state index in [-0.39, 0.29) is 5.54 Å². The number of methoxy groups -OCH3 is 1. The molecule has 1 heterocycles. The van der Waals surface area contributed by atoms with Crippen molar-refractivity contribution in [1.82, 2.24) is 0 Å². The fraction of sp³-hybridized carbons (Fsp3) is 0.462. The number of hydrogen-bond acceptors (Lipinski definition) is 4. The van der Waals surface area contributed by atoms with Gasteiger partial charge in [-0.15, -0.1) is 0 Å². The van der Waals surface area contributed by atoms with Crippen LogP contribution in [-0.2, 0) is 0 Å². The van der Waals surface area contributed by atoms with Gasteiger partial charge in [-0.3, -0.25) is 4.99 Å². The second kappa shape index (κ2) is 4.28. The quantitative estimate of drug-likeness (QED) is 0.868. The van der Waals surface area contributed by atoms with Crippen LogP contribution >= 0.6 is 0 Å². The lowest BCUT2D eigenvalue weighted by atomic mass is 9.97. The molecule has 2 rings (SSSR count). The Hall–Kier alpha value is -1.71. The van der Waals surface area contributed by atoms with Gasteiger partial charge in [0, 0.05) is 0 Å². The summed E-state index contributed by atoms with van der Waals surface area (Å²) in [7, 11) is 1.67. The number of para-hydroxylation sites is 2. The molecule has 1 aromatic carbocycles. The van der Waals surface area contributed by atoms with Gasteiger partial charge in [-0.25, -0.2) is 0 Å². The zero-order valence-corrected chi connectivity index (χ0v) is 10.6. The minimum Gasteiger partial charge on any atom is -0.495 e. The smallest absolute Gasteiger partial charge is 0.196 e. The number of aliphatic imine (C=N–C) groups is 1. The first-order chi connectivity index (χ1) is 8.12. The molecule has 1 atom stereocenters. The molecule has 2 N–H and O–H groups in total. The highest BCUT2D eigenvalue weighted by Crippen LogP contribution is 2.36. The number of rotatable bonds is 3. The predicted molar refractivity (Wildman–Crippen MR) is 70.7 cm³/mol. The molecule has 0 aromatic heterocycles. The van der Waals surface area contributed by atoms with E-state index in [1.807, 2.05) is 24.3 Å². The molecule has 0 fully saturated rings. The molecule has 0 aliphatic carbocycles. The molecule has 0 saturated heterocycles. The number of ether oxygens (including phenoxy) is 1. The third-order valence-corrected chi connectivity index (χ3v) is 3.44. The lowest BCUT2D eigenvalue weighted by molar-refractivity contribution is 0.409. The number of nitrogens with two attached hydrogens (primary N) is 1. The monoisotopic (exact) mass is 233 g/mol. The molecule has 4 nitrogen and oxygen atoms in total. The number of anilines is 1. The molecule has 17 heavy (non-hydrogen) atoms. The van der Waals surface area contributed by atoms with Crippen molar-refractivity contribution in [2.75, 3.05) is 18.6 Å². The highest BCUT2D eigenvalue weighted by molar-refractivity contribution is 5.99. The average molecular weight is 233 g/mol. The van der Waals surface area contributed by atoms with Crippen molar-refractivity contribution in [3.8, 4) is 5.75 Å². The van der Waals surface area contributed by atoms with Crippen molar-refractivity contribution in [3.05, 3.63) is 24.3 Å². The van der Waals surface area contributed by atoms with Crippen LogP contribution in [0.4, 0.5) is 5.69 Å². The van der Waals surface area contributed by atoms with E-state index >= 15 is 0 Å². The van der Waals surface area contributed by atoms with Gasteiger partial charge < -0.3 is 15.4 Å². The molecule has 0 saturated carbocycles. The fourth-order valence-corrected chi connectivity index (χ4v) is 2.17. The second-order valence-corrected chi connectivity index (χ2v) is 4.53. The maximum absolute atomic E-state index is 6.01. The van der Waals surface area contributed by atoms with Gasteiger partial charge >= 0.3 is 0 Å². The van der Waals surface area contributed by atoms with Gasteiger partial charge in [0.15, 0.2) is 5.96 Å². The van der Waals surface area contributed by atoms with E-state index in [2.05, 4.69) is 23.7 Å². The van der Waals surface area contributed by atoms with Crippen molar-refractivity contribution < 1.29 is 4.74 Å². The maximum Gasteiger partial charge on any atom is 0.196 e. The van der Waals surface area contributed by atoms with Gasteiger partial charge in [0.05, 0.1) is 24.9 Å². The van der Waals surface area contributed by atoms with E-state index in [1.54, 1.807) is 7.11 Å². The molecule has 0 bridgehead atoms. The molecule has 1 aliphatic heterocycles. The molecule has 1 aliphatic rings. The molecular formula is C13H19N3O. The summed E-state index contributed by atoms with van der Waals surface area (Å²) < 4.78 is 5.39. The van der Waals surface area contributed by atoms with Gasteiger partial charge in [-0.1, -0.05) is 19.1 Å². The molecule has 0 amide bonds. The van der Waals surface area contributed by atoms with Crippen LogP contribution in [0.2, 0.25) is 0 Å². The Morgan fingerprint density at radius 3 is 2.82 bits per heavy atom. The van der Waals surface area contributed by atoms with E-state index in [4.69, 9.17) is 10.5 Å². The highest BCUT2D eigenvalue weighted by atomic mass is 16.5.